The maximum atomic E-state index is 14.4. The summed E-state index contributed by atoms with van der Waals surface area (Å²) >= 11 is 0. The lowest BCUT2D eigenvalue weighted by Gasteiger charge is -2.32. The Hall–Kier alpha value is -5.11. The minimum absolute atomic E-state index is 0.0125. The molecule has 0 radical (unpaired) electrons. The predicted molar refractivity (Wildman–Crippen MR) is 161 cm³/mol. The fourth-order valence-electron chi connectivity index (χ4n) is 5.65. The second-order valence-electron chi connectivity index (χ2n) is 10.9. The Balaban J connectivity index is 1.25. The van der Waals surface area contributed by atoms with Gasteiger partial charge in [0.1, 0.15) is 35.2 Å². The molecule has 5 aromatic rings. The van der Waals surface area contributed by atoms with E-state index in [1.165, 1.54) is 25.6 Å². The van der Waals surface area contributed by atoms with Crippen molar-refractivity contribution in [3.8, 4) is 17.0 Å². The van der Waals surface area contributed by atoms with E-state index >= 15 is 0 Å². The van der Waals surface area contributed by atoms with Crippen LogP contribution in [0.3, 0.4) is 0 Å². The van der Waals surface area contributed by atoms with Crippen molar-refractivity contribution >= 4 is 28.4 Å². The molecule has 1 fully saturated rings. The van der Waals surface area contributed by atoms with E-state index in [-0.39, 0.29) is 35.2 Å². The number of nitrogen functional groups attached to an aromatic ring is 1. The van der Waals surface area contributed by atoms with Gasteiger partial charge in [-0.3, -0.25) is 9.69 Å². The van der Waals surface area contributed by atoms with Crippen LogP contribution in [0.4, 0.5) is 33.5 Å². The maximum absolute atomic E-state index is 14.4. The fourth-order valence-corrected chi connectivity index (χ4v) is 5.65. The predicted octanol–water partition coefficient (Wildman–Crippen LogP) is 6.47. The van der Waals surface area contributed by atoms with Gasteiger partial charge in [0.25, 0.3) is 5.91 Å². The number of halogens is 5. The smallest absolute Gasteiger partial charge is 0.416 e. The largest absolute Gasteiger partial charge is 0.495 e. The molecule has 1 amide bonds. The normalized spacial score (nSPS) is 14.5. The number of rotatable bonds is 7. The first-order valence-electron chi connectivity index (χ1n) is 14.3. The van der Waals surface area contributed by atoms with Gasteiger partial charge in [0.15, 0.2) is 5.65 Å². The summed E-state index contributed by atoms with van der Waals surface area (Å²) in [7, 11) is 1.37. The first-order valence-corrected chi connectivity index (χ1v) is 14.3. The molecule has 0 aliphatic carbocycles. The number of aromatic nitrogens is 4. The lowest BCUT2D eigenvalue weighted by atomic mass is 10.0. The van der Waals surface area contributed by atoms with Gasteiger partial charge in [0.05, 0.1) is 35.4 Å². The summed E-state index contributed by atoms with van der Waals surface area (Å²) in [5.74, 6) is -2.08. The molecule has 0 saturated carbocycles. The maximum Gasteiger partial charge on any atom is 0.416 e. The van der Waals surface area contributed by atoms with Crippen LogP contribution in [0.5, 0.6) is 5.75 Å². The van der Waals surface area contributed by atoms with Gasteiger partial charge in [0.2, 0.25) is 0 Å². The molecule has 0 spiro atoms. The lowest BCUT2D eigenvalue weighted by molar-refractivity contribution is -0.137. The van der Waals surface area contributed by atoms with Crippen LogP contribution in [0.25, 0.3) is 22.3 Å². The molecule has 9 nitrogen and oxygen atoms in total. The minimum atomic E-state index is -4.75. The Morgan fingerprint density at radius 1 is 1.02 bits per heavy atom. The molecule has 1 saturated heterocycles. The highest BCUT2D eigenvalue weighted by Crippen LogP contribution is 2.38. The van der Waals surface area contributed by atoms with E-state index in [0.717, 1.165) is 32.0 Å². The number of amides is 1. The first kappa shape index (κ1) is 30.9. The highest BCUT2D eigenvalue weighted by molar-refractivity contribution is 6.06. The van der Waals surface area contributed by atoms with Gasteiger partial charge in [-0.1, -0.05) is 24.3 Å². The van der Waals surface area contributed by atoms with Gasteiger partial charge in [-0.15, -0.1) is 0 Å². The van der Waals surface area contributed by atoms with Crippen molar-refractivity contribution in [2.45, 2.75) is 31.6 Å². The summed E-state index contributed by atoms with van der Waals surface area (Å²) in [6.07, 6.45) is -1.90. The number of methoxy groups -OCH3 is 1. The Labute approximate surface area is 259 Å². The third kappa shape index (κ3) is 6.07. The lowest BCUT2D eigenvalue weighted by Crippen LogP contribution is -2.34. The summed E-state index contributed by atoms with van der Waals surface area (Å²) in [4.78, 5) is 23.6. The number of carbonyl (C=O) groups excluding carboxylic acids is 1. The quantitative estimate of drug-likeness (QED) is 0.197. The molecule has 238 valence electrons. The molecule has 6 rings (SSSR count). The standard InChI is InChI=1S/C32H28F5N7O2/c1-46-26-14-18(6-9-25(26)41-31(45)22-8-7-20(15-24(22)34)32(35,36)37)28-27-29(38)39-17-40-30(27)44(42-28)21-10-12-43(13-11-21)16-19-4-2-3-5-23(19)33/h2-9,14-15,17,21H,10-13,16H2,1H3,(H,41,45)(H2,38,39,40). The number of hydrogen-bond acceptors (Lipinski definition) is 7. The summed E-state index contributed by atoms with van der Waals surface area (Å²) in [5, 5.41) is 7.92. The average Bonchev–Trinajstić information content (AvgIpc) is 3.43. The number of nitrogens with zero attached hydrogens (tertiary/aromatic N) is 5. The Kier molecular flexibility index (Phi) is 8.30. The van der Waals surface area contributed by atoms with E-state index in [9.17, 15) is 26.7 Å². The van der Waals surface area contributed by atoms with Crippen LogP contribution in [0, 0.1) is 11.6 Å². The van der Waals surface area contributed by atoms with Gasteiger partial charge < -0.3 is 15.8 Å². The number of likely N-dealkylation sites (tertiary alicyclic amines) is 1. The number of anilines is 2. The molecule has 3 heterocycles. The first-order chi connectivity index (χ1) is 22.0. The van der Waals surface area contributed by atoms with Crippen molar-refractivity contribution in [3.05, 3.63) is 95.3 Å². The average molecular weight is 638 g/mol. The van der Waals surface area contributed by atoms with E-state index in [1.54, 1.807) is 24.3 Å². The third-order valence-corrected chi connectivity index (χ3v) is 8.04. The molecule has 0 atom stereocenters. The summed E-state index contributed by atoms with van der Waals surface area (Å²) in [5.41, 5.74) is 6.93. The number of ether oxygens (including phenoxy) is 1. The van der Waals surface area contributed by atoms with Gasteiger partial charge in [-0.2, -0.15) is 18.3 Å². The van der Waals surface area contributed by atoms with Crippen molar-refractivity contribution < 1.29 is 31.5 Å². The van der Waals surface area contributed by atoms with Gasteiger partial charge in [0, 0.05) is 30.8 Å². The SMILES string of the molecule is COc1cc(-c2nn(C3CCN(Cc4ccccc4F)CC3)c3ncnc(N)c23)ccc1NC(=O)c1ccc(C(F)(F)F)cc1F. The van der Waals surface area contributed by atoms with Crippen molar-refractivity contribution in [2.24, 2.45) is 0 Å². The number of alkyl halides is 3. The molecule has 0 bridgehead atoms. The number of carbonyl (C=O) groups is 1. The molecule has 46 heavy (non-hydrogen) atoms. The van der Waals surface area contributed by atoms with E-state index in [0.29, 0.717) is 40.5 Å². The van der Waals surface area contributed by atoms with E-state index in [1.807, 2.05) is 10.7 Å². The second kappa shape index (κ2) is 12.4. The van der Waals surface area contributed by atoms with E-state index in [4.69, 9.17) is 15.6 Å². The van der Waals surface area contributed by atoms with Crippen molar-refractivity contribution in [1.29, 1.82) is 0 Å². The summed E-state index contributed by atoms with van der Waals surface area (Å²) < 4.78 is 74.8. The van der Waals surface area contributed by atoms with Crippen LogP contribution >= 0.6 is 0 Å². The molecular weight excluding hydrogens is 609 g/mol. The fraction of sp³-hybridized carbons (Fsp3) is 0.250. The number of nitrogens with one attached hydrogen (secondary N) is 1. The molecule has 3 aromatic carbocycles. The van der Waals surface area contributed by atoms with Gasteiger partial charge in [-0.25, -0.2) is 23.4 Å². The molecule has 1 aliphatic heterocycles. The molecular formula is C32H28F5N7O2. The van der Waals surface area contributed by atoms with Crippen LogP contribution in [0.15, 0.2) is 67.0 Å². The Bertz CT molecular complexity index is 1920. The van der Waals surface area contributed by atoms with Gasteiger partial charge in [-0.05, 0) is 49.2 Å². The molecule has 1 aliphatic rings. The summed E-state index contributed by atoms with van der Waals surface area (Å²) in [6.45, 7) is 1.95. The van der Waals surface area contributed by atoms with E-state index in [2.05, 4.69) is 20.2 Å². The molecule has 3 N–H and O–H groups in total. The monoisotopic (exact) mass is 637 g/mol. The highest BCUT2D eigenvalue weighted by Gasteiger charge is 2.32. The zero-order valence-corrected chi connectivity index (χ0v) is 24.5. The number of nitrogens with two attached hydrogens (primary N) is 1. The second-order valence-corrected chi connectivity index (χ2v) is 10.9. The molecule has 0 unspecified atom stereocenters. The zero-order valence-electron chi connectivity index (χ0n) is 24.5. The Morgan fingerprint density at radius 2 is 1.78 bits per heavy atom. The number of hydrogen-bond donors (Lipinski definition) is 2. The van der Waals surface area contributed by atoms with E-state index < -0.39 is 29.0 Å². The molecule has 14 heteroatoms. The minimum Gasteiger partial charge on any atom is -0.495 e. The number of piperidine rings is 1. The van der Waals surface area contributed by atoms with Crippen molar-refractivity contribution in [2.75, 3.05) is 31.2 Å². The Morgan fingerprint density at radius 3 is 2.48 bits per heavy atom. The third-order valence-electron chi connectivity index (χ3n) is 8.04. The van der Waals surface area contributed by atoms with Gasteiger partial charge >= 0.3 is 6.18 Å². The van der Waals surface area contributed by atoms with Crippen LogP contribution < -0.4 is 15.8 Å². The van der Waals surface area contributed by atoms with Crippen LogP contribution in [-0.2, 0) is 12.7 Å². The zero-order chi connectivity index (χ0) is 32.6. The van der Waals surface area contributed by atoms with Crippen LogP contribution in [-0.4, -0.2) is 50.8 Å². The van der Waals surface area contributed by atoms with Crippen LogP contribution in [0.1, 0.15) is 40.4 Å². The highest BCUT2D eigenvalue weighted by atomic mass is 19.4. The van der Waals surface area contributed by atoms with Crippen LogP contribution in [0.2, 0.25) is 0 Å². The molecule has 2 aromatic heterocycles. The number of fused-ring (bicyclic) bond motifs is 1. The number of benzene rings is 3. The topological polar surface area (TPSA) is 111 Å². The summed E-state index contributed by atoms with van der Waals surface area (Å²) in [6, 6.07) is 13.2. The van der Waals surface area contributed by atoms with Crippen molar-refractivity contribution in [3.63, 3.8) is 0 Å². The van der Waals surface area contributed by atoms with Crippen molar-refractivity contribution in [1.82, 2.24) is 24.6 Å².